The fraction of sp³-hybridized carbons (Fsp3) is 0.125. The van der Waals surface area contributed by atoms with Crippen LogP contribution in [-0.4, -0.2) is 20.2 Å². The molecule has 0 atom stereocenters. The standard InChI is InChI=1S/C16H10F5N5/c1-7-4-8(5-12(23-7)16(19,20)21)13-14(24-15(22)26-25-13)10-6-9(17)2-3-11(10)18/h2-6H,1H3,(H2,22,24,26). The number of pyridine rings is 1. The highest BCUT2D eigenvalue weighted by Gasteiger charge is 2.33. The first-order chi connectivity index (χ1) is 12.1. The summed E-state index contributed by atoms with van der Waals surface area (Å²) in [4.78, 5) is 7.27. The zero-order valence-corrected chi connectivity index (χ0v) is 13.1. The lowest BCUT2D eigenvalue weighted by Crippen LogP contribution is -2.10. The third-order valence-corrected chi connectivity index (χ3v) is 3.40. The minimum atomic E-state index is -4.69. The molecule has 5 nitrogen and oxygen atoms in total. The number of rotatable bonds is 2. The summed E-state index contributed by atoms with van der Waals surface area (Å²) in [6, 6.07) is 4.65. The Labute approximate surface area is 143 Å². The lowest BCUT2D eigenvalue weighted by molar-refractivity contribution is -0.141. The van der Waals surface area contributed by atoms with Gasteiger partial charge in [0, 0.05) is 16.8 Å². The molecule has 0 radical (unpaired) electrons. The average Bonchev–Trinajstić information content (AvgIpc) is 2.55. The zero-order valence-electron chi connectivity index (χ0n) is 13.1. The predicted octanol–water partition coefficient (Wildman–Crippen LogP) is 3.79. The molecule has 3 rings (SSSR count). The first kappa shape index (κ1) is 17.6. The van der Waals surface area contributed by atoms with Gasteiger partial charge in [0.25, 0.3) is 0 Å². The summed E-state index contributed by atoms with van der Waals surface area (Å²) in [6.07, 6.45) is -4.69. The number of nitrogens with zero attached hydrogens (tertiary/aromatic N) is 4. The van der Waals surface area contributed by atoms with Crippen molar-refractivity contribution >= 4 is 5.95 Å². The number of hydrogen-bond acceptors (Lipinski definition) is 5. The molecule has 2 heterocycles. The Morgan fingerprint density at radius 3 is 2.35 bits per heavy atom. The predicted molar refractivity (Wildman–Crippen MR) is 82.6 cm³/mol. The van der Waals surface area contributed by atoms with Crippen molar-refractivity contribution in [3.8, 4) is 22.5 Å². The van der Waals surface area contributed by atoms with Gasteiger partial charge in [-0.2, -0.15) is 13.2 Å². The van der Waals surface area contributed by atoms with Crippen LogP contribution >= 0.6 is 0 Å². The van der Waals surface area contributed by atoms with Gasteiger partial charge in [-0.05, 0) is 37.3 Å². The van der Waals surface area contributed by atoms with Crippen LogP contribution in [0.4, 0.5) is 27.9 Å². The van der Waals surface area contributed by atoms with E-state index in [9.17, 15) is 22.0 Å². The van der Waals surface area contributed by atoms with E-state index in [0.717, 1.165) is 24.3 Å². The van der Waals surface area contributed by atoms with Gasteiger partial charge in [0.2, 0.25) is 5.95 Å². The van der Waals surface area contributed by atoms with E-state index in [4.69, 9.17) is 5.73 Å². The van der Waals surface area contributed by atoms with Gasteiger partial charge in [-0.15, -0.1) is 10.2 Å². The van der Waals surface area contributed by atoms with Crippen molar-refractivity contribution in [2.45, 2.75) is 13.1 Å². The Balaban J connectivity index is 2.28. The minimum Gasteiger partial charge on any atom is -0.366 e. The van der Waals surface area contributed by atoms with Crippen LogP contribution in [0.25, 0.3) is 22.5 Å². The van der Waals surface area contributed by atoms with Crippen LogP contribution in [0.1, 0.15) is 11.4 Å². The van der Waals surface area contributed by atoms with Gasteiger partial charge in [0.1, 0.15) is 28.7 Å². The Bertz CT molecular complexity index is 987. The fourth-order valence-corrected chi connectivity index (χ4v) is 2.35. The largest absolute Gasteiger partial charge is 0.433 e. The van der Waals surface area contributed by atoms with E-state index in [1.165, 1.54) is 13.0 Å². The molecule has 2 aromatic heterocycles. The van der Waals surface area contributed by atoms with Crippen molar-refractivity contribution in [1.82, 2.24) is 20.2 Å². The van der Waals surface area contributed by atoms with E-state index in [2.05, 4.69) is 20.2 Å². The molecule has 0 aliphatic rings. The van der Waals surface area contributed by atoms with Gasteiger partial charge in [-0.25, -0.2) is 18.7 Å². The van der Waals surface area contributed by atoms with Gasteiger partial charge in [0.15, 0.2) is 0 Å². The second-order valence-electron chi connectivity index (χ2n) is 5.37. The van der Waals surface area contributed by atoms with E-state index in [1.54, 1.807) is 0 Å². The van der Waals surface area contributed by atoms with Crippen molar-refractivity contribution in [1.29, 1.82) is 0 Å². The number of nitrogens with two attached hydrogens (primary N) is 1. The number of nitrogen functional groups attached to an aromatic ring is 1. The number of anilines is 1. The maximum atomic E-state index is 14.1. The van der Waals surface area contributed by atoms with Crippen LogP contribution in [0.15, 0.2) is 30.3 Å². The summed E-state index contributed by atoms with van der Waals surface area (Å²) < 4.78 is 66.7. The van der Waals surface area contributed by atoms with Crippen molar-refractivity contribution in [3.05, 3.63) is 53.4 Å². The number of alkyl halides is 3. The van der Waals surface area contributed by atoms with Crippen LogP contribution in [-0.2, 0) is 6.18 Å². The highest BCUT2D eigenvalue weighted by atomic mass is 19.4. The van der Waals surface area contributed by atoms with E-state index < -0.39 is 23.5 Å². The Hall–Kier alpha value is -3.17. The normalized spacial score (nSPS) is 11.6. The van der Waals surface area contributed by atoms with Crippen LogP contribution < -0.4 is 5.73 Å². The van der Waals surface area contributed by atoms with E-state index in [-0.39, 0.29) is 34.2 Å². The maximum Gasteiger partial charge on any atom is 0.433 e. The van der Waals surface area contributed by atoms with Crippen LogP contribution in [0.3, 0.4) is 0 Å². The number of aryl methyl sites for hydroxylation is 1. The van der Waals surface area contributed by atoms with Crippen molar-refractivity contribution < 1.29 is 22.0 Å². The van der Waals surface area contributed by atoms with Crippen LogP contribution in [0.2, 0.25) is 0 Å². The Kier molecular flexibility index (Phi) is 4.26. The summed E-state index contributed by atoms with van der Waals surface area (Å²) in [5.74, 6) is -1.94. The van der Waals surface area contributed by atoms with E-state index in [1.807, 2.05) is 0 Å². The third kappa shape index (κ3) is 3.44. The molecule has 134 valence electrons. The number of benzene rings is 1. The molecule has 0 aliphatic carbocycles. The molecule has 26 heavy (non-hydrogen) atoms. The molecule has 0 aliphatic heterocycles. The fourth-order valence-electron chi connectivity index (χ4n) is 2.35. The molecule has 0 fully saturated rings. The van der Waals surface area contributed by atoms with Gasteiger partial charge in [0.05, 0.1) is 0 Å². The lowest BCUT2D eigenvalue weighted by Gasteiger charge is -2.12. The highest BCUT2D eigenvalue weighted by molar-refractivity contribution is 5.78. The molecule has 1 aromatic carbocycles. The number of halogens is 5. The summed E-state index contributed by atoms with van der Waals surface area (Å²) in [5, 5.41) is 7.25. The summed E-state index contributed by atoms with van der Waals surface area (Å²) in [6.45, 7) is 1.36. The quantitative estimate of drug-likeness (QED) is 0.698. The molecular weight excluding hydrogens is 357 g/mol. The van der Waals surface area contributed by atoms with E-state index >= 15 is 0 Å². The van der Waals surface area contributed by atoms with E-state index in [0.29, 0.717) is 0 Å². The first-order valence-electron chi connectivity index (χ1n) is 7.17. The van der Waals surface area contributed by atoms with Gasteiger partial charge in [-0.1, -0.05) is 0 Å². The molecule has 10 heteroatoms. The Morgan fingerprint density at radius 2 is 1.65 bits per heavy atom. The molecule has 0 unspecified atom stereocenters. The lowest BCUT2D eigenvalue weighted by atomic mass is 10.0. The molecule has 0 amide bonds. The molecule has 0 bridgehead atoms. The van der Waals surface area contributed by atoms with Crippen molar-refractivity contribution in [3.63, 3.8) is 0 Å². The van der Waals surface area contributed by atoms with Crippen LogP contribution in [0, 0.1) is 18.6 Å². The third-order valence-electron chi connectivity index (χ3n) is 3.40. The SMILES string of the molecule is Cc1cc(-c2nnc(N)nc2-c2cc(F)ccc2F)cc(C(F)(F)F)n1. The molecule has 3 aromatic rings. The van der Waals surface area contributed by atoms with Gasteiger partial charge in [-0.3, -0.25) is 0 Å². The highest BCUT2D eigenvalue weighted by Crippen LogP contribution is 2.34. The monoisotopic (exact) mass is 367 g/mol. The van der Waals surface area contributed by atoms with Gasteiger partial charge < -0.3 is 5.73 Å². The summed E-state index contributed by atoms with van der Waals surface area (Å²) in [7, 11) is 0. The number of aromatic nitrogens is 4. The summed E-state index contributed by atoms with van der Waals surface area (Å²) >= 11 is 0. The molecule has 2 N–H and O–H groups in total. The summed E-state index contributed by atoms with van der Waals surface area (Å²) in [5.41, 5.74) is 3.60. The molecule has 0 spiro atoms. The average molecular weight is 367 g/mol. The Morgan fingerprint density at radius 1 is 0.923 bits per heavy atom. The van der Waals surface area contributed by atoms with Crippen molar-refractivity contribution in [2.24, 2.45) is 0 Å². The maximum absolute atomic E-state index is 14.1. The number of hydrogen-bond donors (Lipinski definition) is 1. The molecule has 0 saturated heterocycles. The smallest absolute Gasteiger partial charge is 0.366 e. The molecular formula is C16H10F5N5. The zero-order chi connectivity index (χ0) is 19.1. The second kappa shape index (κ2) is 6.28. The topological polar surface area (TPSA) is 77.6 Å². The minimum absolute atomic E-state index is 0.0523. The van der Waals surface area contributed by atoms with Crippen LogP contribution in [0.5, 0.6) is 0 Å². The van der Waals surface area contributed by atoms with Gasteiger partial charge >= 0.3 is 6.18 Å². The molecule has 0 saturated carbocycles. The second-order valence-corrected chi connectivity index (χ2v) is 5.37. The first-order valence-corrected chi connectivity index (χ1v) is 7.17. The van der Waals surface area contributed by atoms with Crippen molar-refractivity contribution in [2.75, 3.05) is 5.73 Å².